The number of amides is 1. The van der Waals surface area contributed by atoms with Crippen LogP contribution in [0.25, 0.3) is 0 Å². The summed E-state index contributed by atoms with van der Waals surface area (Å²) < 4.78 is 0. The molecule has 1 N–H and O–H groups in total. The van der Waals surface area contributed by atoms with Crippen molar-refractivity contribution in [2.24, 2.45) is 5.92 Å². The Morgan fingerprint density at radius 3 is 2.64 bits per heavy atom. The summed E-state index contributed by atoms with van der Waals surface area (Å²) in [5.41, 5.74) is 2.19. The molecule has 1 amide bonds. The molecule has 1 aromatic carbocycles. The zero-order valence-corrected chi connectivity index (χ0v) is 12.9. The molecule has 3 nitrogen and oxygen atoms in total. The maximum atomic E-state index is 12.5. The third-order valence-corrected chi connectivity index (χ3v) is 3.38. The van der Waals surface area contributed by atoms with Crippen LogP contribution in [0.15, 0.2) is 48.8 Å². The number of nitrogens with one attached hydrogen (secondary N) is 1. The normalized spacial score (nSPS) is 11.7. The number of rotatable bonds is 5. The predicted octanol–water partition coefficient (Wildman–Crippen LogP) is 3.58. The molecule has 1 heterocycles. The molecule has 0 radical (unpaired) electrons. The van der Waals surface area contributed by atoms with E-state index in [-0.39, 0.29) is 11.9 Å². The van der Waals surface area contributed by atoms with E-state index in [1.54, 1.807) is 12.3 Å². The summed E-state index contributed by atoms with van der Waals surface area (Å²) in [6.07, 6.45) is 9.33. The summed E-state index contributed by atoms with van der Waals surface area (Å²) >= 11 is 0. The lowest BCUT2D eigenvalue weighted by Crippen LogP contribution is -2.29. The van der Waals surface area contributed by atoms with E-state index in [4.69, 9.17) is 6.42 Å². The Balaban J connectivity index is 2.19. The first-order chi connectivity index (χ1) is 10.6. The largest absolute Gasteiger partial charge is 0.345 e. The molecule has 3 heteroatoms. The average Bonchev–Trinajstić information content (AvgIpc) is 2.54. The zero-order chi connectivity index (χ0) is 15.9. The number of hydrogen-bond donors (Lipinski definition) is 1. The molecule has 1 unspecified atom stereocenters. The Kier molecular flexibility index (Phi) is 5.32. The standard InChI is InChI=1S/C19H20N2O/c1-4-15-11-17(13-20-12-15)19(22)21-18(10-14(2)3)16-8-6-5-7-9-16/h1,5-9,11-14,18H,10H2,2-3H3,(H,21,22). The van der Waals surface area contributed by atoms with Gasteiger partial charge in [-0.05, 0) is 24.0 Å². The maximum Gasteiger partial charge on any atom is 0.253 e. The third-order valence-electron chi connectivity index (χ3n) is 3.38. The lowest BCUT2D eigenvalue weighted by molar-refractivity contribution is 0.0931. The highest BCUT2D eigenvalue weighted by molar-refractivity contribution is 5.94. The minimum absolute atomic E-state index is 0.0248. The minimum atomic E-state index is -0.154. The van der Waals surface area contributed by atoms with Crippen LogP contribution >= 0.6 is 0 Å². The first-order valence-corrected chi connectivity index (χ1v) is 7.37. The molecule has 1 atom stereocenters. The van der Waals surface area contributed by atoms with Crippen molar-refractivity contribution in [2.45, 2.75) is 26.3 Å². The van der Waals surface area contributed by atoms with Crippen LogP contribution in [0.5, 0.6) is 0 Å². The molecule has 0 bridgehead atoms. The van der Waals surface area contributed by atoms with Crippen LogP contribution in [-0.2, 0) is 0 Å². The monoisotopic (exact) mass is 292 g/mol. The molecule has 2 rings (SSSR count). The number of pyridine rings is 1. The summed E-state index contributed by atoms with van der Waals surface area (Å²) in [5, 5.41) is 3.08. The molecule has 0 aliphatic rings. The summed E-state index contributed by atoms with van der Waals surface area (Å²) in [6.45, 7) is 4.28. The second-order valence-electron chi connectivity index (χ2n) is 5.67. The fraction of sp³-hybridized carbons (Fsp3) is 0.263. The van der Waals surface area contributed by atoms with Crippen molar-refractivity contribution >= 4 is 5.91 Å². The second kappa shape index (κ2) is 7.42. The highest BCUT2D eigenvalue weighted by atomic mass is 16.1. The van der Waals surface area contributed by atoms with Gasteiger partial charge in [0, 0.05) is 18.0 Å². The van der Waals surface area contributed by atoms with Gasteiger partial charge in [-0.25, -0.2) is 0 Å². The van der Waals surface area contributed by atoms with Crippen LogP contribution in [0.4, 0.5) is 0 Å². The molecule has 112 valence electrons. The molecular formula is C19H20N2O. The number of carbonyl (C=O) groups is 1. The van der Waals surface area contributed by atoms with Gasteiger partial charge in [0.15, 0.2) is 0 Å². The van der Waals surface area contributed by atoms with E-state index in [1.165, 1.54) is 6.20 Å². The third kappa shape index (κ3) is 4.20. The van der Waals surface area contributed by atoms with Gasteiger partial charge in [-0.2, -0.15) is 0 Å². The van der Waals surface area contributed by atoms with Gasteiger partial charge >= 0.3 is 0 Å². The van der Waals surface area contributed by atoms with Crippen molar-refractivity contribution in [1.29, 1.82) is 0 Å². The Hall–Kier alpha value is -2.60. The van der Waals surface area contributed by atoms with E-state index < -0.39 is 0 Å². The molecule has 0 saturated heterocycles. The minimum Gasteiger partial charge on any atom is -0.345 e. The van der Waals surface area contributed by atoms with Crippen molar-refractivity contribution in [3.05, 3.63) is 65.5 Å². The summed E-state index contributed by atoms with van der Waals surface area (Å²) in [7, 11) is 0. The summed E-state index contributed by atoms with van der Waals surface area (Å²) in [4.78, 5) is 16.5. The van der Waals surface area contributed by atoms with Crippen molar-refractivity contribution < 1.29 is 4.79 Å². The number of hydrogen-bond acceptors (Lipinski definition) is 2. The van der Waals surface area contributed by atoms with Crippen LogP contribution in [0.3, 0.4) is 0 Å². The quantitative estimate of drug-likeness (QED) is 0.856. The van der Waals surface area contributed by atoms with E-state index >= 15 is 0 Å². The van der Waals surface area contributed by atoms with Gasteiger partial charge in [0.25, 0.3) is 5.91 Å². The molecule has 1 aromatic heterocycles. The van der Waals surface area contributed by atoms with Crippen molar-refractivity contribution in [1.82, 2.24) is 10.3 Å². The molecule has 0 spiro atoms. The average molecular weight is 292 g/mol. The van der Waals surface area contributed by atoms with Crippen molar-refractivity contribution in [2.75, 3.05) is 0 Å². The first-order valence-electron chi connectivity index (χ1n) is 7.37. The highest BCUT2D eigenvalue weighted by Gasteiger charge is 2.17. The van der Waals surface area contributed by atoms with Gasteiger partial charge in [-0.15, -0.1) is 6.42 Å². The molecular weight excluding hydrogens is 272 g/mol. The van der Waals surface area contributed by atoms with E-state index in [0.29, 0.717) is 17.0 Å². The van der Waals surface area contributed by atoms with E-state index in [1.807, 2.05) is 30.3 Å². The van der Waals surface area contributed by atoms with Gasteiger partial charge in [0.05, 0.1) is 11.6 Å². The van der Waals surface area contributed by atoms with Gasteiger partial charge in [-0.3, -0.25) is 9.78 Å². The Labute approximate surface area is 131 Å². The zero-order valence-electron chi connectivity index (χ0n) is 12.9. The number of benzene rings is 1. The fourth-order valence-electron chi connectivity index (χ4n) is 2.32. The molecule has 0 aliphatic heterocycles. The van der Waals surface area contributed by atoms with E-state index in [2.05, 4.69) is 30.1 Å². The smallest absolute Gasteiger partial charge is 0.253 e. The predicted molar refractivity (Wildman–Crippen MR) is 88.3 cm³/mol. The number of carbonyl (C=O) groups excluding carboxylic acids is 1. The van der Waals surface area contributed by atoms with E-state index in [9.17, 15) is 4.79 Å². The van der Waals surface area contributed by atoms with Gasteiger partial charge in [0.1, 0.15) is 0 Å². The number of nitrogens with zero attached hydrogens (tertiary/aromatic N) is 1. The summed E-state index contributed by atoms with van der Waals surface area (Å²) in [6, 6.07) is 11.7. The topological polar surface area (TPSA) is 42.0 Å². The maximum absolute atomic E-state index is 12.5. The molecule has 2 aromatic rings. The van der Waals surface area contributed by atoms with Crippen LogP contribution in [0, 0.1) is 18.3 Å². The molecule has 0 saturated carbocycles. The van der Waals surface area contributed by atoms with E-state index in [0.717, 1.165) is 12.0 Å². The fourth-order valence-corrected chi connectivity index (χ4v) is 2.32. The Bertz CT molecular complexity index is 671. The lowest BCUT2D eigenvalue weighted by atomic mass is 9.96. The van der Waals surface area contributed by atoms with Gasteiger partial charge in [-0.1, -0.05) is 50.1 Å². The Morgan fingerprint density at radius 1 is 1.27 bits per heavy atom. The first kappa shape index (κ1) is 15.8. The van der Waals surface area contributed by atoms with Crippen LogP contribution in [0.1, 0.15) is 47.8 Å². The second-order valence-corrected chi connectivity index (χ2v) is 5.67. The van der Waals surface area contributed by atoms with Crippen molar-refractivity contribution in [3.63, 3.8) is 0 Å². The van der Waals surface area contributed by atoms with Crippen LogP contribution < -0.4 is 5.32 Å². The molecule has 0 aliphatic carbocycles. The molecule has 22 heavy (non-hydrogen) atoms. The lowest BCUT2D eigenvalue weighted by Gasteiger charge is -2.21. The summed E-state index contributed by atoms with van der Waals surface area (Å²) in [5.74, 6) is 2.82. The van der Waals surface area contributed by atoms with Crippen molar-refractivity contribution in [3.8, 4) is 12.3 Å². The number of aromatic nitrogens is 1. The Morgan fingerprint density at radius 2 is 2.00 bits per heavy atom. The molecule has 0 fully saturated rings. The SMILES string of the molecule is C#Cc1cncc(C(=O)NC(CC(C)C)c2ccccc2)c1. The highest BCUT2D eigenvalue weighted by Crippen LogP contribution is 2.21. The van der Waals surface area contributed by atoms with Gasteiger partial charge < -0.3 is 5.32 Å². The van der Waals surface area contributed by atoms with Crippen LogP contribution in [-0.4, -0.2) is 10.9 Å². The number of terminal acetylenes is 1. The van der Waals surface area contributed by atoms with Gasteiger partial charge in [0.2, 0.25) is 0 Å². The van der Waals surface area contributed by atoms with Crippen LogP contribution in [0.2, 0.25) is 0 Å².